The van der Waals surface area contributed by atoms with Crippen LogP contribution in [0.2, 0.25) is 0 Å². The lowest BCUT2D eigenvalue weighted by molar-refractivity contribution is -0.114. The Kier molecular flexibility index (Phi) is 8.33. The second-order valence-electron chi connectivity index (χ2n) is 8.05. The average molecular weight is 424 g/mol. The van der Waals surface area contributed by atoms with Crippen LogP contribution >= 0.6 is 0 Å². The van der Waals surface area contributed by atoms with Crippen LogP contribution in [0.25, 0.3) is 0 Å². The Morgan fingerprint density at radius 1 is 1.00 bits per heavy atom. The summed E-state index contributed by atoms with van der Waals surface area (Å²) < 4.78 is 5.81. The molecule has 2 amide bonds. The number of ether oxygens (including phenoxy) is 1. The molecule has 2 N–H and O–H groups in total. The molecule has 2 aromatic rings. The number of rotatable bonds is 8. The van der Waals surface area contributed by atoms with Gasteiger partial charge in [0, 0.05) is 36.1 Å². The molecule has 1 aliphatic rings. The number of hydrogen-bond acceptors (Lipinski definition) is 4. The molecule has 1 aliphatic heterocycles. The number of anilines is 2. The summed E-state index contributed by atoms with van der Waals surface area (Å²) in [6.45, 7) is 5.83. The summed E-state index contributed by atoms with van der Waals surface area (Å²) in [5.74, 6) is 0.637. The van der Waals surface area contributed by atoms with Crippen LogP contribution in [0.15, 0.2) is 48.5 Å². The Bertz CT molecular complexity index is 876. The second kappa shape index (κ2) is 11.4. The minimum atomic E-state index is -0.162. The molecule has 1 unspecified atom stereocenters. The molecule has 1 atom stereocenters. The van der Waals surface area contributed by atoms with Gasteiger partial charge in [0.15, 0.2) is 0 Å². The quantitative estimate of drug-likeness (QED) is 0.632. The van der Waals surface area contributed by atoms with E-state index >= 15 is 0 Å². The molecule has 0 spiro atoms. The van der Waals surface area contributed by atoms with Crippen molar-refractivity contribution in [3.63, 3.8) is 0 Å². The van der Waals surface area contributed by atoms with E-state index in [4.69, 9.17) is 4.74 Å². The molecule has 1 fully saturated rings. The summed E-state index contributed by atoms with van der Waals surface area (Å²) >= 11 is 0. The van der Waals surface area contributed by atoms with Crippen LogP contribution in [-0.4, -0.2) is 42.5 Å². The normalized spacial score (nSPS) is 15.0. The summed E-state index contributed by atoms with van der Waals surface area (Å²) in [6, 6.07) is 14.8. The maximum atomic E-state index is 12.8. The molecule has 31 heavy (non-hydrogen) atoms. The lowest BCUT2D eigenvalue weighted by atomic mass is 10.1. The van der Waals surface area contributed by atoms with E-state index in [0.29, 0.717) is 11.3 Å². The molecule has 0 bridgehead atoms. The number of amides is 2. The Labute approximate surface area is 185 Å². The first-order valence-electron chi connectivity index (χ1n) is 11.2. The van der Waals surface area contributed by atoms with Gasteiger partial charge in [-0.15, -0.1) is 0 Å². The Morgan fingerprint density at radius 3 is 2.45 bits per heavy atom. The molecule has 3 rings (SSSR count). The fraction of sp³-hybridized carbons (Fsp3) is 0.440. The smallest absolute Gasteiger partial charge is 0.253 e. The summed E-state index contributed by atoms with van der Waals surface area (Å²) in [7, 11) is 0. The predicted octanol–water partition coefficient (Wildman–Crippen LogP) is 4.93. The molecule has 2 aromatic carbocycles. The lowest BCUT2D eigenvalue weighted by Gasteiger charge is -2.20. The van der Waals surface area contributed by atoms with Crippen LogP contribution in [0, 0.1) is 0 Å². The topological polar surface area (TPSA) is 70.7 Å². The first-order valence-corrected chi connectivity index (χ1v) is 11.2. The van der Waals surface area contributed by atoms with Crippen LogP contribution in [0.1, 0.15) is 56.3 Å². The number of nitrogens with one attached hydrogen (secondary N) is 2. The zero-order valence-electron chi connectivity index (χ0n) is 18.5. The summed E-state index contributed by atoms with van der Waals surface area (Å²) in [5, 5.41) is 6.00. The molecule has 6 heteroatoms. The minimum Gasteiger partial charge on any atom is -0.491 e. The third-order valence-corrected chi connectivity index (χ3v) is 5.49. The Hall–Kier alpha value is -3.02. The molecule has 0 saturated carbocycles. The number of nitrogens with zero attached hydrogens (tertiary/aromatic N) is 1. The van der Waals surface area contributed by atoms with Crippen molar-refractivity contribution in [3.05, 3.63) is 54.1 Å². The van der Waals surface area contributed by atoms with Crippen LogP contribution in [0.4, 0.5) is 11.4 Å². The Morgan fingerprint density at radius 2 is 1.71 bits per heavy atom. The minimum absolute atomic E-state index is 0.0631. The molecule has 0 radical (unpaired) electrons. The van der Waals surface area contributed by atoms with E-state index < -0.39 is 0 Å². The largest absolute Gasteiger partial charge is 0.491 e. The molecule has 6 nitrogen and oxygen atoms in total. The van der Waals surface area contributed by atoms with Gasteiger partial charge in [0.2, 0.25) is 5.91 Å². The highest BCUT2D eigenvalue weighted by molar-refractivity contribution is 5.96. The van der Waals surface area contributed by atoms with Crippen LogP contribution in [-0.2, 0) is 4.79 Å². The summed E-state index contributed by atoms with van der Waals surface area (Å²) in [5.41, 5.74) is 2.10. The van der Waals surface area contributed by atoms with Crippen molar-refractivity contribution < 1.29 is 14.3 Å². The van der Waals surface area contributed by atoms with Crippen molar-refractivity contribution in [1.29, 1.82) is 0 Å². The van der Waals surface area contributed by atoms with Crippen LogP contribution < -0.4 is 15.4 Å². The van der Waals surface area contributed by atoms with Gasteiger partial charge in [0.1, 0.15) is 5.75 Å². The van der Waals surface area contributed by atoms with E-state index in [1.54, 1.807) is 0 Å². The first kappa shape index (κ1) is 22.7. The van der Waals surface area contributed by atoms with Crippen molar-refractivity contribution in [3.8, 4) is 5.75 Å². The maximum absolute atomic E-state index is 12.8. The molecule has 1 heterocycles. The van der Waals surface area contributed by atoms with Crippen LogP contribution in [0.5, 0.6) is 5.75 Å². The zero-order valence-corrected chi connectivity index (χ0v) is 18.5. The molecule has 0 aromatic heterocycles. The van der Waals surface area contributed by atoms with E-state index in [1.807, 2.05) is 60.4 Å². The summed E-state index contributed by atoms with van der Waals surface area (Å²) in [6.07, 6.45) is 5.54. The monoisotopic (exact) mass is 423 g/mol. The lowest BCUT2D eigenvalue weighted by Crippen LogP contribution is -2.31. The fourth-order valence-corrected chi connectivity index (χ4v) is 3.57. The average Bonchev–Trinajstić information content (AvgIpc) is 3.07. The van der Waals surface area contributed by atoms with E-state index in [9.17, 15) is 9.59 Å². The van der Waals surface area contributed by atoms with Crippen molar-refractivity contribution in [1.82, 2.24) is 4.90 Å². The Balaban J connectivity index is 1.54. The van der Waals surface area contributed by atoms with E-state index in [2.05, 4.69) is 17.6 Å². The van der Waals surface area contributed by atoms with Gasteiger partial charge >= 0.3 is 0 Å². The van der Waals surface area contributed by atoms with Crippen molar-refractivity contribution in [2.45, 2.75) is 52.1 Å². The van der Waals surface area contributed by atoms with Gasteiger partial charge < -0.3 is 20.3 Å². The fourth-order valence-electron chi connectivity index (χ4n) is 3.57. The van der Waals surface area contributed by atoms with E-state index in [1.165, 1.54) is 12.8 Å². The van der Waals surface area contributed by atoms with Gasteiger partial charge in [-0.1, -0.05) is 31.9 Å². The third kappa shape index (κ3) is 7.02. The van der Waals surface area contributed by atoms with Gasteiger partial charge in [-0.2, -0.15) is 0 Å². The van der Waals surface area contributed by atoms with Crippen molar-refractivity contribution in [2.24, 2.45) is 0 Å². The molecule has 1 saturated heterocycles. The van der Waals surface area contributed by atoms with Gasteiger partial charge in [-0.05, 0) is 56.5 Å². The van der Waals surface area contributed by atoms with Gasteiger partial charge in [0.05, 0.1) is 12.6 Å². The van der Waals surface area contributed by atoms with E-state index in [-0.39, 0.29) is 24.5 Å². The molecular formula is C25H33N3O3. The third-order valence-electron chi connectivity index (χ3n) is 5.49. The SMILES string of the molecule is CCC(C)Oc1cccc(NC(=O)CNc2cccc(C(=O)N3CCCCCC3)c2)c1. The molecule has 166 valence electrons. The van der Waals surface area contributed by atoms with Gasteiger partial charge in [-0.25, -0.2) is 0 Å². The van der Waals surface area contributed by atoms with Crippen molar-refractivity contribution in [2.75, 3.05) is 30.3 Å². The second-order valence-corrected chi connectivity index (χ2v) is 8.05. The summed E-state index contributed by atoms with van der Waals surface area (Å²) in [4.78, 5) is 27.1. The number of carbonyl (C=O) groups excluding carboxylic acids is 2. The molecular weight excluding hydrogens is 390 g/mol. The first-order chi connectivity index (χ1) is 15.0. The van der Waals surface area contributed by atoms with Crippen LogP contribution in [0.3, 0.4) is 0 Å². The number of benzene rings is 2. The maximum Gasteiger partial charge on any atom is 0.253 e. The molecule has 0 aliphatic carbocycles. The zero-order chi connectivity index (χ0) is 22.1. The van der Waals surface area contributed by atoms with Gasteiger partial charge in [-0.3, -0.25) is 9.59 Å². The number of hydrogen-bond donors (Lipinski definition) is 2. The highest BCUT2D eigenvalue weighted by atomic mass is 16.5. The van der Waals surface area contributed by atoms with Gasteiger partial charge in [0.25, 0.3) is 5.91 Å². The van der Waals surface area contributed by atoms with Crippen molar-refractivity contribution >= 4 is 23.2 Å². The number of carbonyl (C=O) groups is 2. The predicted molar refractivity (Wildman–Crippen MR) is 125 cm³/mol. The number of likely N-dealkylation sites (tertiary alicyclic amines) is 1. The highest BCUT2D eigenvalue weighted by Crippen LogP contribution is 2.20. The standard InChI is InChI=1S/C25H33N3O3/c1-3-19(2)31-23-13-9-12-22(17-23)27-24(29)18-26-21-11-8-10-20(16-21)25(30)28-14-6-4-5-7-15-28/h8-13,16-17,19,26H,3-7,14-15,18H2,1-2H3,(H,27,29). The highest BCUT2D eigenvalue weighted by Gasteiger charge is 2.17. The van der Waals surface area contributed by atoms with E-state index in [0.717, 1.165) is 43.8 Å².